The predicted molar refractivity (Wildman–Crippen MR) is 121 cm³/mol. The highest BCUT2D eigenvalue weighted by Crippen LogP contribution is 2.50. The molecule has 0 fully saturated rings. The minimum atomic E-state index is 0.0101. The Labute approximate surface area is 170 Å². The molecule has 1 heterocycles. The quantitative estimate of drug-likeness (QED) is 0.291. The lowest BCUT2D eigenvalue weighted by atomic mass is 9.81. The van der Waals surface area contributed by atoms with Gasteiger partial charge < -0.3 is 4.42 Å². The van der Waals surface area contributed by atoms with Crippen LogP contribution in [0.5, 0.6) is 0 Å². The van der Waals surface area contributed by atoms with Gasteiger partial charge in [0.1, 0.15) is 11.2 Å². The summed E-state index contributed by atoms with van der Waals surface area (Å²) in [5.74, 6) is 0. The largest absolute Gasteiger partial charge is 0.456 e. The van der Waals surface area contributed by atoms with Crippen LogP contribution < -0.4 is 0 Å². The molecule has 0 bridgehead atoms. The molecular formula is C28H22O. The first kappa shape index (κ1) is 16.6. The van der Waals surface area contributed by atoms with Crippen molar-refractivity contribution in [2.24, 2.45) is 0 Å². The fourth-order valence-corrected chi connectivity index (χ4v) is 5.06. The molecule has 0 aliphatic heterocycles. The molecule has 1 aromatic heterocycles. The normalized spacial score (nSPS) is 14.3. The van der Waals surface area contributed by atoms with E-state index in [1.807, 2.05) is 12.1 Å². The lowest BCUT2D eigenvalue weighted by molar-refractivity contribution is 0.660. The van der Waals surface area contributed by atoms with E-state index in [1.54, 1.807) is 0 Å². The van der Waals surface area contributed by atoms with Crippen molar-refractivity contribution in [2.45, 2.75) is 26.2 Å². The van der Waals surface area contributed by atoms with Crippen molar-refractivity contribution in [1.29, 1.82) is 0 Å². The summed E-state index contributed by atoms with van der Waals surface area (Å²) < 4.78 is 6.11. The van der Waals surface area contributed by atoms with Gasteiger partial charge in [-0.2, -0.15) is 0 Å². The van der Waals surface area contributed by atoms with E-state index in [0.717, 1.165) is 11.2 Å². The van der Waals surface area contributed by atoms with E-state index in [-0.39, 0.29) is 5.41 Å². The third kappa shape index (κ3) is 2.22. The van der Waals surface area contributed by atoms with Gasteiger partial charge in [-0.1, -0.05) is 68.4 Å². The molecule has 4 aromatic carbocycles. The Kier molecular flexibility index (Phi) is 3.21. The third-order valence-corrected chi connectivity index (χ3v) is 6.62. The maximum Gasteiger partial charge on any atom is 0.136 e. The van der Waals surface area contributed by atoms with Crippen molar-refractivity contribution >= 4 is 21.9 Å². The lowest BCUT2D eigenvalue weighted by Crippen LogP contribution is -2.15. The van der Waals surface area contributed by atoms with E-state index in [0.29, 0.717) is 0 Å². The topological polar surface area (TPSA) is 13.1 Å². The molecule has 0 amide bonds. The van der Waals surface area contributed by atoms with Gasteiger partial charge in [-0.05, 0) is 70.1 Å². The SMILES string of the molecule is Cc1cccc2c1-c1ccc(-c3ccc4c(c3)oc3ccccc34)cc1C2(C)C. The van der Waals surface area contributed by atoms with Crippen LogP contribution in [0.1, 0.15) is 30.5 Å². The van der Waals surface area contributed by atoms with Crippen LogP contribution in [-0.4, -0.2) is 0 Å². The van der Waals surface area contributed by atoms with Gasteiger partial charge in [0, 0.05) is 16.2 Å². The Hall–Kier alpha value is -3.32. The van der Waals surface area contributed by atoms with Crippen LogP contribution in [0, 0.1) is 6.92 Å². The molecule has 0 spiro atoms. The first-order valence-corrected chi connectivity index (χ1v) is 10.2. The van der Waals surface area contributed by atoms with Crippen LogP contribution in [0.3, 0.4) is 0 Å². The van der Waals surface area contributed by atoms with E-state index in [4.69, 9.17) is 4.42 Å². The van der Waals surface area contributed by atoms with Gasteiger partial charge in [-0.15, -0.1) is 0 Å². The number of hydrogen-bond donors (Lipinski definition) is 0. The van der Waals surface area contributed by atoms with Crippen molar-refractivity contribution in [3.63, 3.8) is 0 Å². The Morgan fingerprint density at radius 1 is 0.655 bits per heavy atom. The van der Waals surface area contributed by atoms with Crippen LogP contribution in [0.15, 0.2) is 83.3 Å². The van der Waals surface area contributed by atoms with Crippen LogP contribution in [-0.2, 0) is 5.41 Å². The highest BCUT2D eigenvalue weighted by molar-refractivity contribution is 6.05. The van der Waals surface area contributed by atoms with Gasteiger partial charge >= 0.3 is 0 Å². The zero-order valence-electron chi connectivity index (χ0n) is 16.9. The fourth-order valence-electron chi connectivity index (χ4n) is 5.06. The van der Waals surface area contributed by atoms with Gasteiger partial charge in [0.15, 0.2) is 0 Å². The Bertz CT molecular complexity index is 1430. The number of furan rings is 1. The molecule has 0 radical (unpaired) electrons. The second-order valence-electron chi connectivity index (χ2n) is 8.69. The second-order valence-corrected chi connectivity index (χ2v) is 8.69. The molecule has 1 nitrogen and oxygen atoms in total. The molecule has 1 aliphatic rings. The van der Waals surface area contributed by atoms with Crippen LogP contribution >= 0.6 is 0 Å². The Balaban J connectivity index is 1.54. The lowest BCUT2D eigenvalue weighted by Gasteiger charge is -2.22. The molecule has 0 unspecified atom stereocenters. The zero-order chi connectivity index (χ0) is 19.8. The van der Waals surface area contributed by atoms with Crippen LogP contribution in [0.2, 0.25) is 0 Å². The van der Waals surface area contributed by atoms with E-state index in [1.165, 1.54) is 49.7 Å². The van der Waals surface area contributed by atoms with E-state index < -0.39 is 0 Å². The molecule has 29 heavy (non-hydrogen) atoms. The van der Waals surface area contributed by atoms with Gasteiger partial charge in [-0.3, -0.25) is 0 Å². The zero-order valence-corrected chi connectivity index (χ0v) is 16.9. The van der Waals surface area contributed by atoms with Crippen molar-refractivity contribution in [1.82, 2.24) is 0 Å². The summed E-state index contributed by atoms with van der Waals surface area (Å²) in [6.07, 6.45) is 0. The average molecular weight is 374 g/mol. The van der Waals surface area contributed by atoms with Crippen LogP contribution in [0.25, 0.3) is 44.2 Å². The molecule has 0 N–H and O–H groups in total. The predicted octanol–water partition coefficient (Wildman–Crippen LogP) is 7.87. The standard InChI is InChI=1S/C28H22O/c1-17-7-6-9-23-27(17)22-14-12-18(15-24(22)28(23,2)3)19-11-13-21-20-8-4-5-10-25(20)29-26(21)16-19/h4-16H,1-3H3. The summed E-state index contributed by atoms with van der Waals surface area (Å²) in [4.78, 5) is 0. The number of para-hydroxylation sites is 1. The van der Waals surface area contributed by atoms with Crippen molar-refractivity contribution in [3.8, 4) is 22.3 Å². The van der Waals surface area contributed by atoms with Gasteiger partial charge in [0.2, 0.25) is 0 Å². The minimum absolute atomic E-state index is 0.0101. The number of benzene rings is 4. The summed E-state index contributed by atoms with van der Waals surface area (Å²) >= 11 is 0. The summed E-state index contributed by atoms with van der Waals surface area (Å²) in [7, 11) is 0. The number of rotatable bonds is 1. The first-order chi connectivity index (χ1) is 14.0. The molecule has 0 saturated heterocycles. The molecule has 140 valence electrons. The second kappa shape index (κ2) is 5.61. The van der Waals surface area contributed by atoms with Crippen LogP contribution in [0.4, 0.5) is 0 Å². The van der Waals surface area contributed by atoms with Crippen molar-refractivity contribution in [3.05, 3.63) is 95.6 Å². The van der Waals surface area contributed by atoms with Gasteiger partial charge in [0.05, 0.1) is 0 Å². The Morgan fingerprint density at radius 2 is 1.41 bits per heavy atom. The molecule has 1 heteroatoms. The molecular weight excluding hydrogens is 352 g/mol. The highest BCUT2D eigenvalue weighted by Gasteiger charge is 2.36. The monoisotopic (exact) mass is 374 g/mol. The van der Waals surface area contributed by atoms with Crippen molar-refractivity contribution in [2.75, 3.05) is 0 Å². The number of fused-ring (bicyclic) bond motifs is 6. The maximum atomic E-state index is 6.11. The smallest absolute Gasteiger partial charge is 0.136 e. The summed E-state index contributed by atoms with van der Waals surface area (Å²) in [5.41, 5.74) is 11.3. The van der Waals surface area contributed by atoms with E-state index >= 15 is 0 Å². The van der Waals surface area contributed by atoms with E-state index in [2.05, 4.69) is 87.5 Å². The minimum Gasteiger partial charge on any atom is -0.456 e. The molecule has 0 atom stereocenters. The van der Waals surface area contributed by atoms with Crippen molar-refractivity contribution < 1.29 is 4.42 Å². The number of hydrogen-bond acceptors (Lipinski definition) is 1. The highest BCUT2D eigenvalue weighted by atomic mass is 16.3. The summed E-state index contributed by atoms with van der Waals surface area (Å²) in [6.45, 7) is 6.89. The number of aryl methyl sites for hydroxylation is 1. The molecule has 5 aromatic rings. The Morgan fingerprint density at radius 3 is 2.31 bits per heavy atom. The first-order valence-electron chi connectivity index (χ1n) is 10.2. The summed E-state index contributed by atoms with van der Waals surface area (Å²) in [6, 6.07) is 28.4. The fraction of sp³-hybridized carbons (Fsp3) is 0.143. The third-order valence-electron chi connectivity index (χ3n) is 6.62. The molecule has 1 aliphatic carbocycles. The average Bonchev–Trinajstić information content (AvgIpc) is 3.21. The van der Waals surface area contributed by atoms with E-state index in [9.17, 15) is 0 Å². The summed E-state index contributed by atoms with van der Waals surface area (Å²) in [5, 5.41) is 2.35. The van der Waals surface area contributed by atoms with Gasteiger partial charge in [-0.25, -0.2) is 0 Å². The maximum absolute atomic E-state index is 6.11. The molecule has 0 saturated carbocycles. The van der Waals surface area contributed by atoms with Gasteiger partial charge in [0.25, 0.3) is 0 Å². The molecule has 6 rings (SSSR count).